The van der Waals surface area contributed by atoms with Crippen LogP contribution in [-0.4, -0.2) is 13.6 Å². The van der Waals surface area contributed by atoms with E-state index in [1.54, 1.807) is 6.04 Å². The van der Waals surface area contributed by atoms with E-state index in [4.69, 9.17) is 12.1 Å². The largest absolute Gasteiger partial charge is 0.194 e. The maximum Gasteiger partial charge on any atom is 0.167 e. The van der Waals surface area contributed by atoms with Crippen molar-refractivity contribution in [3.63, 3.8) is 0 Å². The molecule has 0 spiro atoms. The van der Waals surface area contributed by atoms with Crippen molar-refractivity contribution < 1.29 is 0 Å². The molecular formula is C10H24S2Si2. The number of unbranched alkanes of at least 4 members (excludes halogenated alkanes) is 1. The van der Waals surface area contributed by atoms with Crippen molar-refractivity contribution >= 4 is 36.3 Å². The molecule has 1 rings (SSSR count). The maximum absolute atomic E-state index is 5.09. The van der Waals surface area contributed by atoms with E-state index in [1.807, 2.05) is 0 Å². The predicted molar refractivity (Wildman–Crippen MR) is 78.4 cm³/mol. The molecule has 0 aromatic rings. The Kier molecular flexibility index (Phi) is 5.15. The highest BCUT2D eigenvalue weighted by Gasteiger charge is 2.42. The van der Waals surface area contributed by atoms with E-state index in [-0.39, 0.29) is 0 Å². The fourth-order valence-electron chi connectivity index (χ4n) is 2.18. The number of rotatable bonds is 4. The summed E-state index contributed by atoms with van der Waals surface area (Å²) in [4.78, 5) is 0. The summed E-state index contributed by atoms with van der Waals surface area (Å²) in [6.45, 7) is 7.28. The Balaban J connectivity index is 2.53. The van der Waals surface area contributed by atoms with Crippen molar-refractivity contribution in [3.05, 3.63) is 0 Å². The van der Waals surface area contributed by atoms with E-state index in [0.29, 0.717) is 0 Å². The summed E-state index contributed by atoms with van der Waals surface area (Å²) in [5.41, 5.74) is 0. The van der Waals surface area contributed by atoms with Gasteiger partial charge in [-0.25, -0.2) is 0 Å². The van der Waals surface area contributed by atoms with Crippen LogP contribution in [0.4, 0.5) is 0 Å². The Morgan fingerprint density at radius 3 is 2.57 bits per heavy atom. The van der Waals surface area contributed by atoms with E-state index in [2.05, 4.69) is 31.1 Å². The molecule has 1 aliphatic rings. The Bertz CT molecular complexity index is 189. The second kappa shape index (κ2) is 5.46. The van der Waals surface area contributed by atoms with Crippen molar-refractivity contribution in [2.24, 2.45) is 0 Å². The molecule has 0 saturated carbocycles. The van der Waals surface area contributed by atoms with Gasteiger partial charge < -0.3 is 0 Å². The quantitative estimate of drug-likeness (QED) is 0.557. The highest BCUT2D eigenvalue weighted by molar-refractivity contribution is 8.65. The van der Waals surface area contributed by atoms with Crippen LogP contribution < -0.4 is 0 Å². The van der Waals surface area contributed by atoms with Crippen LogP contribution >= 0.6 is 22.7 Å². The zero-order valence-corrected chi connectivity index (χ0v) is 13.5. The molecular weight excluding hydrogens is 240 g/mol. The average molecular weight is 265 g/mol. The normalized spacial score (nSPS) is 38.6. The molecule has 0 aromatic carbocycles. The Morgan fingerprint density at radius 1 is 1.29 bits per heavy atom. The van der Waals surface area contributed by atoms with Crippen LogP contribution in [0.15, 0.2) is 0 Å². The van der Waals surface area contributed by atoms with Crippen molar-refractivity contribution in [3.8, 4) is 0 Å². The fraction of sp³-hybridized carbons (Fsp3) is 1.00. The fourth-order valence-corrected chi connectivity index (χ4v) is 31.7. The monoisotopic (exact) mass is 264 g/mol. The molecule has 1 aliphatic heterocycles. The Morgan fingerprint density at radius 2 is 2.00 bits per heavy atom. The second-order valence-electron chi connectivity index (χ2n) is 4.81. The van der Waals surface area contributed by atoms with E-state index < -0.39 is 13.6 Å². The van der Waals surface area contributed by atoms with E-state index in [9.17, 15) is 0 Å². The lowest BCUT2D eigenvalue weighted by atomic mass is 10.4. The van der Waals surface area contributed by atoms with Gasteiger partial charge in [-0.05, 0) is 18.1 Å². The van der Waals surface area contributed by atoms with E-state index >= 15 is 0 Å². The zero-order valence-electron chi connectivity index (χ0n) is 9.81. The summed E-state index contributed by atoms with van der Waals surface area (Å²) in [5, 5.41) is 0. The first kappa shape index (κ1) is 13.2. The lowest BCUT2D eigenvalue weighted by Crippen LogP contribution is -2.40. The second-order valence-corrected chi connectivity index (χ2v) is 23.2. The molecule has 2 atom stereocenters. The summed E-state index contributed by atoms with van der Waals surface area (Å²) < 4.78 is 0. The molecule has 0 aromatic heterocycles. The average Bonchev–Trinajstić information content (AvgIpc) is 2.15. The third-order valence-electron chi connectivity index (χ3n) is 3.38. The highest BCUT2D eigenvalue weighted by atomic mass is 32.7. The first-order valence-corrected chi connectivity index (χ1v) is 14.8. The van der Waals surface area contributed by atoms with Gasteiger partial charge in [-0.1, -0.05) is 45.7 Å². The van der Waals surface area contributed by atoms with Gasteiger partial charge in [-0.2, -0.15) is 22.7 Å². The number of thiol groups is 1. The van der Waals surface area contributed by atoms with Gasteiger partial charge in [0.05, 0.1) is 0 Å². The molecule has 0 bridgehead atoms. The highest BCUT2D eigenvalue weighted by Crippen LogP contribution is 2.49. The van der Waals surface area contributed by atoms with Crippen molar-refractivity contribution in [1.82, 2.24) is 0 Å². The molecule has 84 valence electrons. The zero-order chi connectivity index (χ0) is 10.7. The summed E-state index contributed by atoms with van der Waals surface area (Å²) in [6.07, 6.45) is 3.11. The molecule has 0 aliphatic carbocycles. The molecule has 1 fully saturated rings. The third-order valence-corrected chi connectivity index (χ3v) is 26.4. The molecule has 2 unspecified atom stereocenters. The SMILES string of the molecule is CCCC[Si]1(S)CCC[Si](C)(CC)S1. The van der Waals surface area contributed by atoms with Crippen molar-refractivity contribution in [2.45, 2.75) is 63.8 Å². The van der Waals surface area contributed by atoms with Crippen LogP contribution in [0.25, 0.3) is 0 Å². The van der Waals surface area contributed by atoms with Gasteiger partial charge in [0.15, 0.2) is 6.37 Å². The van der Waals surface area contributed by atoms with Crippen LogP contribution in [0.3, 0.4) is 0 Å². The first-order valence-electron chi connectivity index (χ1n) is 5.96. The van der Waals surface area contributed by atoms with Crippen LogP contribution in [-0.2, 0) is 0 Å². The Hall–Kier alpha value is 1.13. The van der Waals surface area contributed by atoms with Gasteiger partial charge in [0.25, 0.3) is 0 Å². The predicted octanol–water partition coefficient (Wildman–Crippen LogP) is 4.89. The molecule has 1 saturated heterocycles. The molecule has 0 nitrogen and oxygen atoms in total. The van der Waals surface area contributed by atoms with Crippen molar-refractivity contribution in [2.75, 3.05) is 0 Å². The standard InChI is InChI=1S/C10H24S2Si2/c1-4-6-9-14(11)10-7-8-13(3,5-2)12-14/h11H,4-10H2,1-3H3. The minimum absolute atomic E-state index is 0.894. The third kappa shape index (κ3) is 3.61. The molecule has 0 radical (unpaired) electrons. The van der Waals surface area contributed by atoms with Gasteiger partial charge >= 0.3 is 0 Å². The van der Waals surface area contributed by atoms with Crippen LogP contribution in [0.5, 0.6) is 0 Å². The first-order chi connectivity index (χ1) is 6.54. The minimum atomic E-state index is -1.14. The molecule has 1 heterocycles. The number of hydrogen-bond acceptors (Lipinski definition) is 2. The van der Waals surface area contributed by atoms with Gasteiger partial charge in [0.1, 0.15) is 7.22 Å². The number of hydrogen-bond donors (Lipinski definition) is 1. The van der Waals surface area contributed by atoms with Crippen LogP contribution in [0.2, 0.25) is 30.7 Å². The summed E-state index contributed by atoms with van der Waals surface area (Å²) in [7, 11) is 1.52. The van der Waals surface area contributed by atoms with Crippen LogP contribution in [0.1, 0.15) is 33.1 Å². The van der Waals surface area contributed by atoms with Crippen LogP contribution in [0, 0.1) is 0 Å². The van der Waals surface area contributed by atoms with Gasteiger partial charge in [0.2, 0.25) is 0 Å². The van der Waals surface area contributed by atoms with Gasteiger partial charge in [-0.3, -0.25) is 0 Å². The summed E-state index contributed by atoms with van der Waals surface area (Å²) in [6, 6.07) is 5.94. The van der Waals surface area contributed by atoms with E-state index in [0.717, 1.165) is 0 Å². The van der Waals surface area contributed by atoms with E-state index in [1.165, 1.54) is 37.4 Å². The van der Waals surface area contributed by atoms with Gasteiger partial charge in [-0.15, -0.1) is 0 Å². The Labute approximate surface area is 100.0 Å². The molecule has 0 N–H and O–H groups in total. The minimum Gasteiger partial charge on any atom is -0.194 e. The van der Waals surface area contributed by atoms with Gasteiger partial charge in [0, 0.05) is 0 Å². The molecule has 0 amide bonds. The topological polar surface area (TPSA) is 0 Å². The lowest BCUT2D eigenvalue weighted by Gasteiger charge is -2.40. The summed E-state index contributed by atoms with van der Waals surface area (Å²) >= 11 is 5.09. The summed E-state index contributed by atoms with van der Waals surface area (Å²) in [5.74, 6) is 0. The maximum atomic E-state index is 5.09. The molecule has 4 heteroatoms. The van der Waals surface area contributed by atoms with Crippen molar-refractivity contribution in [1.29, 1.82) is 0 Å². The smallest absolute Gasteiger partial charge is 0.167 e. The molecule has 14 heavy (non-hydrogen) atoms. The lowest BCUT2D eigenvalue weighted by molar-refractivity contribution is 0.868.